The number of hydrogen-bond donors (Lipinski definition) is 1. The lowest BCUT2D eigenvalue weighted by molar-refractivity contribution is -0.113. The van der Waals surface area contributed by atoms with Gasteiger partial charge in [0.2, 0.25) is 5.91 Å². The van der Waals surface area contributed by atoms with Crippen molar-refractivity contribution in [1.29, 1.82) is 0 Å². The number of thioether (sulfide) groups is 1. The molecule has 1 heterocycles. The molecule has 136 valence electrons. The van der Waals surface area contributed by atoms with Gasteiger partial charge in [-0.1, -0.05) is 25.6 Å². The van der Waals surface area contributed by atoms with Crippen LogP contribution in [0.2, 0.25) is 0 Å². The number of aryl methyl sites for hydroxylation is 1. The molecule has 0 fully saturated rings. The van der Waals surface area contributed by atoms with E-state index in [1.54, 1.807) is 32.4 Å². The zero-order valence-corrected chi connectivity index (χ0v) is 15.9. The van der Waals surface area contributed by atoms with E-state index < -0.39 is 0 Å². The Bertz CT molecular complexity index is 718. The van der Waals surface area contributed by atoms with Crippen LogP contribution in [-0.4, -0.2) is 40.6 Å². The molecule has 2 aromatic rings. The molecular weight excluding hydrogens is 340 g/mol. The molecular formula is C17H24N4O3S. The zero-order chi connectivity index (χ0) is 18.2. The molecule has 0 radical (unpaired) electrons. The van der Waals surface area contributed by atoms with Gasteiger partial charge in [-0.15, -0.1) is 10.2 Å². The Morgan fingerprint density at radius 2 is 2.04 bits per heavy atom. The molecule has 0 unspecified atom stereocenters. The average molecular weight is 364 g/mol. The number of anilines is 1. The highest BCUT2D eigenvalue weighted by molar-refractivity contribution is 7.99. The van der Waals surface area contributed by atoms with Gasteiger partial charge in [-0.05, 0) is 18.6 Å². The molecule has 0 bridgehead atoms. The smallest absolute Gasteiger partial charge is 0.234 e. The summed E-state index contributed by atoms with van der Waals surface area (Å²) >= 11 is 1.38. The minimum absolute atomic E-state index is 0.138. The first-order valence-corrected chi connectivity index (χ1v) is 9.18. The molecule has 2 rings (SSSR count). The van der Waals surface area contributed by atoms with E-state index in [4.69, 9.17) is 9.47 Å². The fraction of sp³-hybridized carbons (Fsp3) is 0.471. The first-order chi connectivity index (χ1) is 12.1. The molecule has 0 saturated carbocycles. The second-order valence-electron chi connectivity index (χ2n) is 5.31. The molecule has 0 spiro atoms. The van der Waals surface area contributed by atoms with Crippen molar-refractivity contribution in [3.63, 3.8) is 0 Å². The van der Waals surface area contributed by atoms with Gasteiger partial charge >= 0.3 is 0 Å². The van der Waals surface area contributed by atoms with Crippen LogP contribution in [0.5, 0.6) is 11.5 Å². The van der Waals surface area contributed by atoms with Crippen molar-refractivity contribution in [2.24, 2.45) is 0 Å². The van der Waals surface area contributed by atoms with Crippen LogP contribution >= 0.6 is 11.8 Å². The number of ether oxygens (including phenoxy) is 2. The predicted molar refractivity (Wildman–Crippen MR) is 98.6 cm³/mol. The van der Waals surface area contributed by atoms with Gasteiger partial charge in [-0.25, -0.2) is 0 Å². The summed E-state index contributed by atoms with van der Waals surface area (Å²) in [6, 6.07) is 5.27. The van der Waals surface area contributed by atoms with Gasteiger partial charge in [0.05, 0.1) is 25.7 Å². The summed E-state index contributed by atoms with van der Waals surface area (Å²) in [4.78, 5) is 12.3. The van der Waals surface area contributed by atoms with Gasteiger partial charge in [0.15, 0.2) is 5.16 Å². The summed E-state index contributed by atoms with van der Waals surface area (Å²) in [6.07, 6.45) is 1.81. The Labute approximate surface area is 152 Å². The van der Waals surface area contributed by atoms with Crippen molar-refractivity contribution >= 4 is 23.4 Å². The van der Waals surface area contributed by atoms with Crippen LogP contribution in [0, 0.1) is 0 Å². The third kappa shape index (κ3) is 4.88. The van der Waals surface area contributed by atoms with E-state index in [-0.39, 0.29) is 11.7 Å². The molecule has 25 heavy (non-hydrogen) atoms. The Morgan fingerprint density at radius 1 is 1.24 bits per heavy atom. The van der Waals surface area contributed by atoms with Gasteiger partial charge in [-0.2, -0.15) is 0 Å². The van der Waals surface area contributed by atoms with Crippen molar-refractivity contribution < 1.29 is 14.3 Å². The van der Waals surface area contributed by atoms with Crippen molar-refractivity contribution in [3.8, 4) is 11.5 Å². The third-order valence-corrected chi connectivity index (χ3v) is 4.54. The highest BCUT2D eigenvalue weighted by Gasteiger charge is 2.14. The van der Waals surface area contributed by atoms with Crippen LogP contribution in [0.25, 0.3) is 0 Å². The number of rotatable bonds is 9. The molecule has 8 heteroatoms. The van der Waals surface area contributed by atoms with Gasteiger partial charge < -0.3 is 19.4 Å². The molecule has 1 aromatic carbocycles. The van der Waals surface area contributed by atoms with Gasteiger partial charge in [-0.3, -0.25) is 4.79 Å². The standard InChI is InChI=1S/C17H24N4O3S/c1-5-9-21-15(6-2)19-20-17(21)25-11-16(22)18-13-10-12(23-3)7-8-14(13)24-4/h7-8,10H,5-6,9,11H2,1-4H3,(H,18,22). The second kappa shape index (κ2) is 9.31. The second-order valence-corrected chi connectivity index (χ2v) is 6.25. The Hall–Kier alpha value is -2.22. The molecule has 0 aliphatic carbocycles. The van der Waals surface area contributed by atoms with Crippen LogP contribution < -0.4 is 14.8 Å². The summed E-state index contributed by atoms with van der Waals surface area (Å²) in [5, 5.41) is 12.0. The number of carbonyl (C=O) groups is 1. The van der Waals surface area contributed by atoms with E-state index in [1.807, 2.05) is 6.92 Å². The molecule has 1 amide bonds. The summed E-state index contributed by atoms with van der Waals surface area (Å²) in [5.41, 5.74) is 0.580. The van der Waals surface area contributed by atoms with Crippen molar-refractivity contribution in [2.75, 3.05) is 25.3 Å². The van der Waals surface area contributed by atoms with Crippen LogP contribution in [0.15, 0.2) is 23.4 Å². The Kier molecular flexibility index (Phi) is 7.12. The molecule has 0 saturated heterocycles. The number of carbonyl (C=O) groups excluding carboxylic acids is 1. The van der Waals surface area contributed by atoms with Gasteiger partial charge in [0.25, 0.3) is 0 Å². The molecule has 0 aliphatic heterocycles. The van der Waals surface area contributed by atoms with Crippen LogP contribution in [-0.2, 0) is 17.8 Å². The van der Waals surface area contributed by atoms with Crippen molar-refractivity contribution in [3.05, 3.63) is 24.0 Å². The first kappa shape index (κ1) is 19.1. The van der Waals surface area contributed by atoms with E-state index in [1.165, 1.54) is 11.8 Å². The lowest BCUT2D eigenvalue weighted by Crippen LogP contribution is -2.15. The number of amides is 1. The van der Waals surface area contributed by atoms with Gasteiger partial charge in [0.1, 0.15) is 17.3 Å². The molecule has 0 atom stereocenters. The van der Waals surface area contributed by atoms with E-state index in [2.05, 4.69) is 27.0 Å². The minimum atomic E-state index is -0.138. The summed E-state index contributed by atoms with van der Waals surface area (Å²) in [6.45, 7) is 5.01. The van der Waals surface area contributed by atoms with E-state index >= 15 is 0 Å². The summed E-state index contributed by atoms with van der Waals surface area (Å²) in [5.74, 6) is 2.28. The summed E-state index contributed by atoms with van der Waals surface area (Å²) in [7, 11) is 3.14. The molecule has 0 aliphatic rings. The lowest BCUT2D eigenvalue weighted by Gasteiger charge is -2.12. The monoisotopic (exact) mass is 364 g/mol. The SMILES string of the molecule is CCCn1c(CC)nnc1SCC(=O)Nc1cc(OC)ccc1OC. The average Bonchev–Trinajstić information content (AvgIpc) is 3.02. The minimum Gasteiger partial charge on any atom is -0.497 e. The van der Waals surface area contributed by atoms with Gasteiger partial charge in [0, 0.05) is 19.0 Å². The molecule has 1 aromatic heterocycles. The fourth-order valence-electron chi connectivity index (χ4n) is 2.36. The third-order valence-electron chi connectivity index (χ3n) is 3.57. The largest absolute Gasteiger partial charge is 0.497 e. The topological polar surface area (TPSA) is 78.3 Å². The number of benzene rings is 1. The predicted octanol–water partition coefficient (Wildman–Crippen LogP) is 3.00. The maximum absolute atomic E-state index is 12.3. The van der Waals surface area contributed by atoms with Crippen LogP contribution in [0.1, 0.15) is 26.1 Å². The van der Waals surface area contributed by atoms with Crippen LogP contribution in [0.3, 0.4) is 0 Å². The lowest BCUT2D eigenvalue weighted by atomic mass is 10.2. The number of nitrogens with zero attached hydrogens (tertiary/aromatic N) is 3. The fourth-order valence-corrected chi connectivity index (χ4v) is 3.15. The Morgan fingerprint density at radius 3 is 2.68 bits per heavy atom. The van der Waals surface area contributed by atoms with E-state index in [9.17, 15) is 4.79 Å². The first-order valence-electron chi connectivity index (χ1n) is 8.19. The maximum Gasteiger partial charge on any atom is 0.234 e. The maximum atomic E-state index is 12.3. The number of aromatic nitrogens is 3. The normalized spacial score (nSPS) is 10.6. The van der Waals surface area contributed by atoms with Crippen LogP contribution in [0.4, 0.5) is 5.69 Å². The number of hydrogen-bond acceptors (Lipinski definition) is 6. The highest BCUT2D eigenvalue weighted by atomic mass is 32.2. The van der Waals surface area contributed by atoms with Crippen molar-refractivity contribution in [1.82, 2.24) is 14.8 Å². The molecule has 7 nitrogen and oxygen atoms in total. The van der Waals surface area contributed by atoms with Crippen molar-refractivity contribution in [2.45, 2.75) is 38.4 Å². The quantitative estimate of drug-likeness (QED) is 0.689. The number of nitrogens with one attached hydrogen (secondary N) is 1. The zero-order valence-electron chi connectivity index (χ0n) is 15.0. The molecule has 1 N–H and O–H groups in total. The summed E-state index contributed by atoms with van der Waals surface area (Å²) < 4.78 is 12.5. The van der Waals surface area contributed by atoms with E-state index in [0.29, 0.717) is 17.2 Å². The number of methoxy groups -OCH3 is 2. The highest BCUT2D eigenvalue weighted by Crippen LogP contribution is 2.29. The Balaban J connectivity index is 2.03. The van der Waals surface area contributed by atoms with E-state index in [0.717, 1.165) is 30.4 Å².